The Kier molecular flexibility index (Phi) is 3.55. The fourth-order valence-corrected chi connectivity index (χ4v) is 1.12. The van der Waals surface area contributed by atoms with E-state index in [0.29, 0.717) is 5.02 Å². The van der Waals surface area contributed by atoms with Crippen LogP contribution in [0.2, 0.25) is 5.02 Å². The molecule has 0 heterocycles. The van der Waals surface area contributed by atoms with E-state index in [1.54, 1.807) is 12.1 Å². The van der Waals surface area contributed by atoms with Gasteiger partial charge in [-0.2, -0.15) is 0 Å². The Labute approximate surface area is 87.5 Å². The van der Waals surface area contributed by atoms with Crippen LogP contribution in [0.5, 0.6) is 0 Å². The molecule has 0 aliphatic heterocycles. The average Bonchev–Trinajstić information content (AvgIpc) is 2.10. The van der Waals surface area contributed by atoms with Crippen LogP contribution in [-0.4, -0.2) is 11.1 Å². The molecule has 72 valence electrons. The Balaban J connectivity index is 2.88. The van der Waals surface area contributed by atoms with E-state index in [4.69, 9.17) is 16.7 Å². The highest BCUT2D eigenvalue weighted by molar-refractivity contribution is 6.30. The van der Waals surface area contributed by atoms with Crippen LogP contribution < -0.4 is 0 Å². The van der Waals surface area contributed by atoms with Crippen molar-refractivity contribution in [3.05, 3.63) is 34.3 Å². The lowest BCUT2D eigenvalue weighted by molar-refractivity contribution is -0.135. The van der Waals surface area contributed by atoms with Gasteiger partial charge in [-0.3, -0.25) is 4.79 Å². The molecule has 1 aromatic rings. The van der Waals surface area contributed by atoms with Crippen molar-refractivity contribution in [2.24, 2.45) is 0 Å². The van der Waals surface area contributed by atoms with Crippen LogP contribution in [0.15, 0.2) is 18.2 Å². The summed E-state index contributed by atoms with van der Waals surface area (Å²) >= 11 is 5.77. The van der Waals surface area contributed by atoms with E-state index < -0.39 is 5.97 Å². The van der Waals surface area contributed by atoms with Gasteiger partial charge in [-0.15, -0.1) is 0 Å². The third-order valence-corrected chi connectivity index (χ3v) is 1.90. The lowest BCUT2D eigenvalue weighted by Crippen LogP contribution is -1.90. The van der Waals surface area contributed by atoms with E-state index in [0.717, 1.165) is 11.1 Å². The minimum Gasteiger partial charge on any atom is -0.481 e. The van der Waals surface area contributed by atoms with E-state index in [9.17, 15) is 4.79 Å². The third kappa shape index (κ3) is 3.12. The number of carboxylic acids is 1. The summed E-state index contributed by atoms with van der Waals surface area (Å²) < 4.78 is 0. The largest absolute Gasteiger partial charge is 0.481 e. The zero-order valence-corrected chi connectivity index (χ0v) is 8.43. The first-order valence-electron chi connectivity index (χ1n) is 4.06. The molecule has 1 N–H and O–H groups in total. The Morgan fingerprint density at radius 3 is 2.93 bits per heavy atom. The van der Waals surface area contributed by atoms with Crippen molar-refractivity contribution >= 4 is 17.6 Å². The first kappa shape index (κ1) is 10.6. The first-order valence-corrected chi connectivity index (χ1v) is 4.44. The first-order chi connectivity index (χ1) is 6.59. The van der Waals surface area contributed by atoms with E-state index in [1.807, 2.05) is 13.0 Å². The molecule has 0 fully saturated rings. The normalized spacial score (nSPS) is 9.00. The molecule has 0 amide bonds. The summed E-state index contributed by atoms with van der Waals surface area (Å²) in [6, 6.07) is 5.36. The lowest BCUT2D eigenvalue weighted by atomic mass is 10.1. The summed E-state index contributed by atoms with van der Waals surface area (Å²) in [4.78, 5) is 10.2. The molecule has 0 aliphatic rings. The summed E-state index contributed by atoms with van der Waals surface area (Å²) in [5.41, 5.74) is 1.77. The Morgan fingerprint density at radius 1 is 1.57 bits per heavy atom. The lowest BCUT2D eigenvalue weighted by Gasteiger charge is -1.97. The van der Waals surface area contributed by atoms with Crippen molar-refractivity contribution in [3.8, 4) is 11.8 Å². The summed E-state index contributed by atoms with van der Waals surface area (Å²) in [5.74, 6) is 4.41. The number of aliphatic carboxylic acids is 1. The quantitative estimate of drug-likeness (QED) is 0.720. The molecular formula is C11H9ClO2. The van der Waals surface area contributed by atoms with Gasteiger partial charge in [0, 0.05) is 10.6 Å². The molecule has 0 aliphatic carbocycles. The standard InChI is InChI=1S/C11H9ClO2/c1-8-5-6-10(12)7-9(8)3-2-4-11(13)14/h5-7H,4H2,1H3,(H,13,14). The number of carboxylic acid groups (broad SMARTS) is 1. The summed E-state index contributed by atoms with van der Waals surface area (Å²) in [7, 11) is 0. The predicted octanol–water partition coefficient (Wildman–Crippen LogP) is 2.47. The van der Waals surface area contributed by atoms with E-state index in [1.165, 1.54) is 0 Å². The van der Waals surface area contributed by atoms with Crippen LogP contribution >= 0.6 is 11.6 Å². The molecule has 2 nitrogen and oxygen atoms in total. The maximum atomic E-state index is 10.2. The summed E-state index contributed by atoms with van der Waals surface area (Å²) in [5, 5.41) is 8.99. The second kappa shape index (κ2) is 4.69. The van der Waals surface area contributed by atoms with Gasteiger partial charge in [0.1, 0.15) is 6.42 Å². The molecule has 0 bridgehead atoms. The molecule has 0 saturated carbocycles. The minimum absolute atomic E-state index is 0.147. The molecule has 0 saturated heterocycles. The SMILES string of the molecule is Cc1ccc(Cl)cc1C#CCC(=O)O. The van der Waals surface area contributed by atoms with Gasteiger partial charge >= 0.3 is 5.97 Å². The van der Waals surface area contributed by atoms with Gasteiger partial charge in [0.2, 0.25) is 0 Å². The highest BCUT2D eigenvalue weighted by Crippen LogP contribution is 2.14. The van der Waals surface area contributed by atoms with E-state index in [2.05, 4.69) is 11.8 Å². The number of hydrogen-bond acceptors (Lipinski definition) is 1. The third-order valence-electron chi connectivity index (χ3n) is 1.66. The second-order valence-corrected chi connectivity index (χ2v) is 3.27. The van der Waals surface area contributed by atoms with Crippen LogP contribution in [-0.2, 0) is 4.79 Å². The molecular weight excluding hydrogens is 200 g/mol. The number of carbonyl (C=O) groups is 1. The Morgan fingerprint density at radius 2 is 2.29 bits per heavy atom. The topological polar surface area (TPSA) is 37.3 Å². The maximum Gasteiger partial charge on any atom is 0.315 e. The van der Waals surface area contributed by atoms with Gasteiger partial charge in [-0.05, 0) is 24.6 Å². The van der Waals surface area contributed by atoms with Crippen LogP contribution in [0.25, 0.3) is 0 Å². The van der Waals surface area contributed by atoms with Crippen molar-refractivity contribution in [1.82, 2.24) is 0 Å². The molecule has 1 aromatic carbocycles. The summed E-state index contributed by atoms with van der Waals surface area (Å²) in [6.07, 6.45) is -0.147. The number of rotatable bonds is 1. The maximum absolute atomic E-state index is 10.2. The van der Waals surface area contributed by atoms with Gasteiger partial charge in [0.05, 0.1) is 0 Å². The van der Waals surface area contributed by atoms with Crippen molar-refractivity contribution < 1.29 is 9.90 Å². The second-order valence-electron chi connectivity index (χ2n) is 2.83. The molecule has 0 atom stereocenters. The van der Waals surface area contributed by atoms with Gasteiger partial charge in [0.15, 0.2) is 0 Å². The predicted molar refractivity (Wildman–Crippen MR) is 55.3 cm³/mol. The fraction of sp³-hybridized carbons (Fsp3) is 0.182. The molecule has 1 rings (SSSR count). The highest BCUT2D eigenvalue weighted by Gasteiger charge is 1.95. The van der Waals surface area contributed by atoms with Crippen molar-refractivity contribution in [2.75, 3.05) is 0 Å². The molecule has 3 heteroatoms. The Bertz CT molecular complexity index is 413. The zero-order chi connectivity index (χ0) is 10.6. The van der Waals surface area contributed by atoms with Crippen LogP contribution in [0, 0.1) is 18.8 Å². The number of benzene rings is 1. The molecule has 0 unspecified atom stereocenters. The molecule has 0 aromatic heterocycles. The average molecular weight is 209 g/mol. The number of hydrogen-bond donors (Lipinski definition) is 1. The molecule has 0 radical (unpaired) electrons. The molecule has 14 heavy (non-hydrogen) atoms. The fourth-order valence-electron chi connectivity index (χ4n) is 0.944. The van der Waals surface area contributed by atoms with Crippen molar-refractivity contribution in [3.63, 3.8) is 0 Å². The molecule has 0 spiro atoms. The van der Waals surface area contributed by atoms with Crippen molar-refractivity contribution in [1.29, 1.82) is 0 Å². The van der Waals surface area contributed by atoms with Gasteiger partial charge in [0.25, 0.3) is 0 Å². The van der Waals surface area contributed by atoms with E-state index in [-0.39, 0.29) is 6.42 Å². The van der Waals surface area contributed by atoms with Crippen molar-refractivity contribution in [2.45, 2.75) is 13.3 Å². The highest BCUT2D eigenvalue weighted by atomic mass is 35.5. The number of aryl methyl sites for hydroxylation is 1. The summed E-state index contributed by atoms with van der Waals surface area (Å²) in [6.45, 7) is 1.90. The monoisotopic (exact) mass is 208 g/mol. The smallest absolute Gasteiger partial charge is 0.315 e. The van der Waals surface area contributed by atoms with Crippen LogP contribution in [0.4, 0.5) is 0 Å². The Hall–Kier alpha value is -1.46. The zero-order valence-electron chi connectivity index (χ0n) is 7.67. The minimum atomic E-state index is -0.919. The number of halogens is 1. The van der Waals surface area contributed by atoms with Gasteiger partial charge in [-0.1, -0.05) is 29.5 Å². The van der Waals surface area contributed by atoms with E-state index >= 15 is 0 Å². The van der Waals surface area contributed by atoms with Crippen LogP contribution in [0.1, 0.15) is 17.5 Å². The van der Waals surface area contributed by atoms with Gasteiger partial charge in [-0.25, -0.2) is 0 Å². The van der Waals surface area contributed by atoms with Crippen LogP contribution in [0.3, 0.4) is 0 Å². The van der Waals surface area contributed by atoms with Gasteiger partial charge < -0.3 is 5.11 Å².